The molecule has 362 valence electrons. The lowest BCUT2D eigenvalue weighted by Gasteiger charge is -2.50. The summed E-state index contributed by atoms with van der Waals surface area (Å²) in [6.45, 7) is 12.6. The van der Waals surface area contributed by atoms with E-state index in [9.17, 15) is 0 Å². The summed E-state index contributed by atoms with van der Waals surface area (Å²) in [6.07, 6.45) is 50.0. The van der Waals surface area contributed by atoms with Gasteiger partial charge >= 0.3 is 0 Å². The van der Waals surface area contributed by atoms with Gasteiger partial charge in [-0.3, -0.25) is 0 Å². The minimum absolute atomic E-state index is 0.113. The van der Waals surface area contributed by atoms with Crippen LogP contribution in [0.4, 0.5) is 0 Å². The van der Waals surface area contributed by atoms with Crippen LogP contribution < -0.4 is 0 Å². The maximum Gasteiger partial charge on any atom is 0.168 e. The molecule has 8 atom stereocenters. The van der Waals surface area contributed by atoms with Gasteiger partial charge in [-0.15, -0.1) is 0 Å². The first kappa shape index (κ1) is 51.4. The second-order valence-electron chi connectivity index (χ2n) is 21.7. The Kier molecular flexibility index (Phi) is 24.2. The molecule has 0 aromatic carbocycles. The molecule has 0 bridgehead atoms. The van der Waals surface area contributed by atoms with Crippen LogP contribution in [0.1, 0.15) is 207 Å². The highest BCUT2D eigenvalue weighted by atomic mass is 16.7. The van der Waals surface area contributed by atoms with Crippen LogP contribution in [0.5, 0.6) is 0 Å². The highest BCUT2D eigenvalue weighted by Gasteiger charge is 2.49. The minimum atomic E-state index is -0.304. The summed E-state index contributed by atoms with van der Waals surface area (Å²) in [5.41, 5.74) is 1.75. The lowest BCUT2D eigenvalue weighted by molar-refractivity contribution is -0.184. The van der Waals surface area contributed by atoms with Gasteiger partial charge < -0.3 is 28.4 Å². The number of ether oxygens (including phenoxy) is 6. The molecule has 1 heterocycles. The van der Waals surface area contributed by atoms with E-state index in [4.69, 9.17) is 28.4 Å². The molecule has 0 radical (unpaired) electrons. The molecule has 4 saturated carbocycles. The molecule has 1 saturated heterocycles. The van der Waals surface area contributed by atoms with Gasteiger partial charge in [0, 0.05) is 19.4 Å². The second kappa shape index (κ2) is 29.7. The number of hydrogen-bond acceptors (Lipinski definition) is 6. The fraction of sp³-hybridized carbons (Fsp3) is 0.895. The number of unbranched alkanes of at least 4 members (excludes halogenated alkanes) is 10. The summed E-state index contributed by atoms with van der Waals surface area (Å²) in [5, 5.41) is 0. The highest BCUT2D eigenvalue weighted by molar-refractivity contribution is 5.19. The van der Waals surface area contributed by atoms with Gasteiger partial charge in [0.05, 0.1) is 58.5 Å². The van der Waals surface area contributed by atoms with Crippen molar-refractivity contribution in [2.75, 3.05) is 52.9 Å². The number of hydrogen-bond donors (Lipinski definition) is 0. The number of rotatable bonds is 32. The summed E-state index contributed by atoms with van der Waals surface area (Å²) >= 11 is 0. The first-order valence-corrected chi connectivity index (χ1v) is 27.7. The molecule has 5 fully saturated rings. The molecule has 0 N–H and O–H groups in total. The maximum absolute atomic E-state index is 6.49. The van der Waals surface area contributed by atoms with Crippen molar-refractivity contribution in [1.82, 2.24) is 0 Å². The van der Waals surface area contributed by atoms with Crippen LogP contribution in [-0.2, 0) is 28.4 Å². The Bertz CT molecular complexity index is 1270. The van der Waals surface area contributed by atoms with Gasteiger partial charge in [-0.25, -0.2) is 0 Å². The Hall–Kier alpha value is -1.02. The summed E-state index contributed by atoms with van der Waals surface area (Å²) in [7, 11) is 0. The van der Waals surface area contributed by atoms with Crippen molar-refractivity contribution >= 4 is 0 Å². The van der Waals surface area contributed by atoms with Crippen molar-refractivity contribution in [2.45, 2.75) is 225 Å². The quantitative estimate of drug-likeness (QED) is 0.0496. The molecule has 6 heteroatoms. The summed E-state index contributed by atoms with van der Waals surface area (Å²) in [6, 6.07) is 0. The molecular formula is C57H98O6. The first-order chi connectivity index (χ1) is 31.0. The number of fused-ring (bicyclic) bond motifs is 5. The largest absolute Gasteiger partial charge is 0.379 e. The molecular weight excluding hydrogens is 781 g/mol. The van der Waals surface area contributed by atoms with Gasteiger partial charge in [-0.2, -0.15) is 0 Å². The van der Waals surface area contributed by atoms with E-state index >= 15 is 0 Å². The SMILES string of the molecule is CCCCC/C=C\C/C=C\CCCCCCCCOCC(CC1CCC2(CC1)OCCO2)OCCOCCO[C@H]1CCC2C(=CCC3C2CCC2C3CC[C@@H]2CCCCC(C)C)C1. The molecule has 5 aliphatic carbocycles. The van der Waals surface area contributed by atoms with Gasteiger partial charge in [0.2, 0.25) is 0 Å². The maximum atomic E-state index is 6.49. The molecule has 0 aromatic heterocycles. The fourth-order valence-electron chi connectivity index (χ4n) is 13.2. The van der Waals surface area contributed by atoms with Crippen molar-refractivity contribution in [2.24, 2.45) is 47.3 Å². The second-order valence-corrected chi connectivity index (χ2v) is 21.7. The van der Waals surface area contributed by atoms with E-state index in [1.165, 1.54) is 135 Å². The topological polar surface area (TPSA) is 55.4 Å². The van der Waals surface area contributed by atoms with Crippen LogP contribution in [0.2, 0.25) is 0 Å². The van der Waals surface area contributed by atoms with Crippen LogP contribution >= 0.6 is 0 Å². The summed E-state index contributed by atoms with van der Waals surface area (Å²) < 4.78 is 37.4. The van der Waals surface area contributed by atoms with Crippen LogP contribution in [0.3, 0.4) is 0 Å². The zero-order valence-corrected chi connectivity index (χ0v) is 41.3. The zero-order chi connectivity index (χ0) is 43.8. The normalized spacial score (nSPS) is 28.9. The predicted octanol–water partition coefficient (Wildman–Crippen LogP) is 14.9. The summed E-state index contributed by atoms with van der Waals surface area (Å²) in [5.74, 6) is 7.02. The molecule has 0 aromatic rings. The van der Waals surface area contributed by atoms with Gasteiger partial charge in [-0.1, -0.05) is 121 Å². The van der Waals surface area contributed by atoms with Crippen molar-refractivity contribution in [3.05, 3.63) is 36.0 Å². The van der Waals surface area contributed by atoms with Gasteiger partial charge in [0.25, 0.3) is 0 Å². The van der Waals surface area contributed by atoms with E-state index in [0.717, 1.165) is 113 Å². The average molecular weight is 879 g/mol. The van der Waals surface area contributed by atoms with E-state index in [1.807, 2.05) is 0 Å². The zero-order valence-electron chi connectivity index (χ0n) is 41.3. The van der Waals surface area contributed by atoms with Gasteiger partial charge in [0.15, 0.2) is 5.79 Å². The van der Waals surface area contributed by atoms with Crippen LogP contribution in [0.15, 0.2) is 36.0 Å². The third-order valence-electron chi connectivity index (χ3n) is 16.7. The van der Waals surface area contributed by atoms with E-state index in [0.29, 0.717) is 45.1 Å². The predicted molar refractivity (Wildman–Crippen MR) is 261 cm³/mol. The fourth-order valence-corrected chi connectivity index (χ4v) is 13.2. The van der Waals surface area contributed by atoms with Crippen molar-refractivity contribution < 1.29 is 28.4 Å². The van der Waals surface area contributed by atoms with Crippen molar-refractivity contribution in [3.8, 4) is 0 Å². The number of allylic oxidation sites excluding steroid dienone is 5. The molecule has 63 heavy (non-hydrogen) atoms. The van der Waals surface area contributed by atoms with Crippen molar-refractivity contribution in [1.29, 1.82) is 0 Å². The minimum Gasteiger partial charge on any atom is -0.379 e. The molecule has 6 aliphatic rings. The Labute approximate surface area is 388 Å². The molecule has 0 amide bonds. The molecule has 1 aliphatic heterocycles. The monoisotopic (exact) mass is 879 g/mol. The Balaban J connectivity index is 0.803. The van der Waals surface area contributed by atoms with Gasteiger partial charge in [0.1, 0.15) is 0 Å². The Morgan fingerprint density at radius 1 is 0.667 bits per heavy atom. The lowest BCUT2D eigenvalue weighted by Crippen LogP contribution is -2.42. The third kappa shape index (κ3) is 17.9. The molecule has 6 rings (SSSR count). The Morgan fingerprint density at radius 2 is 1.40 bits per heavy atom. The summed E-state index contributed by atoms with van der Waals surface area (Å²) in [4.78, 5) is 0. The van der Waals surface area contributed by atoms with Gasteiger partial charge in [-0.05, 0) is 156 Å². The van der Waals surface area contributed by atoms with Crippen LogP contribution in [0.25, 0.3) is 0 Å². The van der Waals surface area contributed by atoms with Crippen molar-refractivity contribution in [3.63, 3.8) is 0 Å². The molecule has 6 nitrogen and oxygen atoms in total. The van der Waals surface area contributed by atoms with Crippen LogP contribution in [0, 0.1) is 47.3 Å². The van der Waals surface area contributed by atoms with E-state index in [1.54, 1.807) is 5.57 Å². The highest BCUT2D eigenvalue weighted by Crippen LogP contribution is 2.58. The molecule has 1 spiro atoms. The van der Waals surface area contributed by atoms with Crippen LogP contribution in [-0.4, -0.2) is 70.9 Å². The van der Waals surface area contributed by atoms with E-state index < -0.39 is 0 Å². The Morgan fingerprint density at radius 3 is 2.19 bits per heavy atom. The third-order valence-corrected chi connectivity index (χ3v) is 16.7. The average Bonchev–Trinajstić information content (AvgIpc) is 3.94. The lowest BCUT2D eigenvalue weighted by atomic mass is 9.56. The molecule has 6 unspecified atom stereocenters. The first-order valence-electron chi connectivity index (χ1n) is 27.7. The standard InChI is InChI=1S/C57H98O6/c1-4-5-6-7-8-9-10-11-12-13-14-15-16-17-18-21-36-59-45-51(43-47-32-34-57(35-33-47)62-41-42-63-57)61-40-38-58-37-39-60-50-26-29-53-49(44-50)25-28-56-54-27-24-48(23-20-19-22-46(2)3)52(54)30-31-55(53)56/h8-9,11-12,25,46-48,50-56H,4-7,10,13-24,26-45H2,1-3H3/b9-8-,12-11-/t48-,50-,51?,52?,53?,54?,55?,56?/m0/s1. The van der Waals surface area contributed by atoms with E-state index in [2.05, 4.69) is 51.2 Å². The van der Waals surface area contributed by atoms with E-state index in [-0.39, 0.29) is 11.9 Å². The smallest absolute Gasteiger partial charge is 0.168 e.